The van der Waals surface area contributed by atoms with Gasteiger partial charge in [0.1, 0.15) is 11.8 Å². The van der Waals surface area contributed by atoms with Gasteiger partial charge in [-0.25, -0.2) is 0 Å². The number of methoxy groups -OCH3 is 1. The number of amides is 2. The molecule has 3 rings (SSSR count). The van der Waals surface area contributed by atoms with E-state index in [0.29, 0.717) is 25.4 Å². The number of benzene rings is 3. The van der Waals surface area contributed by atoms with Crippen LogP contribution in [0.15, 0.2) is 83.8 Å². The average Bonchev–Trinajstić information content (AvgIpc) is 2.89. The molecule has 0 bridgehead atoms. The largest absolute Gasteiger partial charge is 0.497 e. The fraction of sp³-hybridized carbons (Fsp3) is 0.333. The van der Waals surface area contributed by atoms with Gasteiger partial charge in [0.25, 0.3) is 0 Å². The summed E-state index contributed by atoms with van der Waals surface area (Å²) in [5, 5.41) is 3.06. The zero-order valence-electron chi connectivity index (χ0n) is 21.6. The van der Waals surface area contributed by atoms with Gasteiger partial charge in [-0.15, -0.1) is 11.8 Å². The van der Waals surface area contributed by atoms with Gasteiger partial charge >= 0.3 is 0 Å². The first-order chi connectivity index (χ1) is 17.4. The van der Waals surface area contributed by atoms with Crippen LogP contribution in [-0.2, 0) is 22.6 Å². The molecule has 0 unspecified atom stereocenters. The molecule has 1 atom stereocenters. The van der Waals surface area contributed by atoms with Crippen LogP contribution in [0.25, 0.3) is 0 Å². The average molecular weight is 505 g/mol. The highest BCUT2D eigenvalue weighted by Crippen LogP contribution is 2.22. The van der Waals surface area contributed by atoms with E-state index < -0.39 is 6.04 Å². The third kappa shape index (κ3) is 8.45. The lowest BCUT2D eigenvalue weighted by atomic mass is 10.0. The summed E-state index contributed by atoms with van der Waals surface area (Å²) in [5.74, 6) is 1.06. The number of carbonyl (C=O) groups excluding carboxylic acids is 2. The van der Waals surface area contributed by atoms with E-state index >= 15 is 0 Å². The van der Waals surface area contributed by atoms with Gasteiger partial charge in [0.15, 0.2) is 0 Å². The number of nitrogens with one attached hydrogen (secondary N) is 1. The van der Waals surface area contributed by atoms with Gasteiger partial charge in [-0.3, -0.25) is 9.59 Å². The van der Waals surface area contributed by atoms with Crippen molar-refractivity contribution in [3.05, 3.63) is 95.6 Å². The van der Waals surface area contributed by atoms with Crippen LogP contribution >= 0.6 is 11.8 Å². The highest BCUT2D eigenvalue weighted by Gasteiger charge is 2.30. The number of rotatable bonds is 12. The summed E-state index contributed by atoms with van der Waals surface area (Å²) in [6, 6.07) is 25.0. The third-order valence-corrected chi connectivity index (χ3v) is 6.82. The second kappa shape index (κ2) is 13.7. The first-order valence-corrected chi connectivity index (χ1v) is 13.3. The molecule has 5 nitrogen and oxygen atoms in total. The van der Waals surface area contributed by atoms with Crippen LogP contribution in [0.5, 0.6) is 5.75 Å². The summed E-state index contributed by atoms with van der Waals surface area (Å²) >= 11 is 1.49. The predicted octanol–water partition coefficient (Wildman–Crippen LogP) is 5.51. The molecule has 1 N–H and O–H groups in total. The Morgan fingerprint density at radius 3 is 2.31 bits per heavy atom. The van der Waals surface area contributed by atoms with E-state index in [2.05, 4.69) is 19.2 Å². The molecule has 0 saturated heterocycles. The van der Waals surface area contributed by atoms with Gasteiger partial charge in [-0.1, -0.05) is 74.0 Å². The molecule has 190 valence electrons. The minimum atomic E-state index is -0.636. The molecule has 0 aliphatic carbocycles. The lowest BCUT2D eigenvalue weighted by molar-refractivity contribution is -0.139. The van der Waals surface area contributed by atoms with Crippen molar-refractivity contribution in [1.29, 1.82) is 0 Å². The fourth-order valence-electron chi connectivity index (χ4n) is 3.81. The summed E-state index contributed by atoms with van der Waals surface area (Å²) in [7, 11) is 1.62. The van der Waals surface area contributed by atoms with Crippen molar-refractivity contribution in [1.82, 2.24) is 10.2 Å². The van der Waals surface area contributed by atoms with Crippen molar-refractivity contribution >= 4 is 23.6 Å². The number of aryl methyl sites for hydroxylation is 1. The van der Waals surface area contributed by atoms with Crippen LogP contribution in [-0.4, -0.2) is 42.2 Å². The van der Waals surface area contributed by atoms with Crippen LogP contribution in [0.1, 0.15) is 30.5 Å². The Bertz CT molecular complexity index is 1120. The van der Waals surface area contributed by atoms with E-state index in [1.54, 1.807) is 12.0 Å². The summed E-state index contributed by atoms with van der Waals surface area (Å²) < 4.78 is 5.39. The number of hydrogen-bond donors (Lipinski definition) is 1. The smallest absolute Gasteiger partial charge is 0.243 e. The van der Waals surface area contributed by atoms with Gasteiger partial charge in [0, 0.05) is 24.4 Å². The zero-order valence-corrected chi connectivity index (χ0v) is 22.4. The van der Waals surface area contributed by atoms with Crippen LogP contribution < -0.4 is 10.1 Å². The SMILES string of the molecule is COc1cccc(CN(C(=O)CSc2ccc(C)cc2)[C@@H](Cc2ccccc2)C(=O)NCC(C)C)c1. The van der Waals surface area contributed by atoms with Crippen molar-refractivity contribution in [2.75, 3.05) is 19.4 Å². The van der Waals surface area contributed by atoms with Crippen LogP contribution in [0.4, 0.5) is 0 Å². The highest BCUT2D eigenvalue weighted by atomic mass is 32.2. The van der Waals surface area contributed by atoms with E-state index in [9.17, 15) is 9.59 Å². The Balaban J connectivity index is 1.90. The first kappa shape index (κ1) is 27.3. The number of thioether (sulfide) groups is 1. The van der Waals surface area contributed by atoms with Gasteiger partial charge in [0.2, 0.25) is 11.8 Å². The van der Waals surface area contributed by atoms with Crippen LogP contribution in [0.3, 0.4) is 0 Å². The van der Waals surface area contributed by atoms with E-state index in [1.807, 2.05) is 85.8 Å². The van der Waals surface area contributed by atoms with Crippen molar-refractivity contribution < 1.29 is 14.3 Å². The zero-order chi connectivity index (χ0) is 25.9. The molecule has 3 aromatic carbocycles. The molecule has 0 heterocycles. The minimum Gasteiger partial charge on any atom is -0.497 e. The monoisotopic (exact) mass is 504 g/mol. The molecule has 36 heavy (non-hydrogen) atoms. The molecular formula is C30H36N2O3S. The molecule has 6 heteroatoms. The first-order valence-electron chi connectivity index (χ1n) is 12.3. The predicted molar refractivity (Wildman–Crippen MR) is 147 cm³/mol. The number of carbonyl (C=O) groups is 2. The second-order valence-corrected chi connectivity index (χ2v) is 10.4. The summed E-state index contributed by atoms with van der Waals surface area (Å²) in [4.78, 5) is 29.9. The van der Waals surface area contributed by atoms with E-state index in [4.69, 9.17) is 4.74 Å². The van der Waals surface area contributed by atoms with Crippen molar-refractivity contribution in [2.45, 2.75) is 44.7 Å². The van der Waals surface area contributed by atoms with Crippen molar-refractivity contribution in [2.24, 2.45) is 5.92 Å². The van der Waals surface area contributed by atoms with Gasteiger partial charge in [-0.05, 0) is 48.2 Å². The van der Waals surface area contributed by atoms with Crippen molar-refractivity contribution in [3.8, 4) is 5.75 Å². The van der Waals surface area contributed by atoms with E-state index in [1.165, 1.54) is 17.3 Å². The fourth-order valence-corrected chi connectivity index (χ4v) is 4.59. The van der Waals surface area contributed by atoms with Gasteiger partial charge in [-0.2, -0.15) is 0 Å². The summed E-state index contributed by atoms with van der Waals surface area (Å²) in [5.41, 5.74) is 3.10. The Kier molecular flexibility index (Phi) is 10.4. The topological polar surface area (TPSA) is 58.6 Å². The Morgan fingerprint density at radius 1 is 0.944 bits per heavy atom. The minimum absolute atomic E-state index is 0.0796. The maximum Gasteiger partial charge on any atom is 0.243 e. The van der Waals surface area contributed by atoms with Crippen molar-refractivity contribution in [3.63, 3.8) is 0 Å². The lowest BCUT2D eigenvalue weighted by Crippen LogP contribution is -2.51. The molecule has 3 aromatic rings. The highest BCUT2D eigenvalue weighted by molar-refractivity contribution is 8.00. The summed E-state index contributed by atoms with van der Waals surface area (Å²) in [6.45, 7) is 7.04. The Hall–Kier alpha value is -3.25. The Labute approximate surface area is 219 Å². The molecule has 0 saturated carbocycles. The number of ether oxygens (including phenoxy) is 1. The van der Waals surface area contributed by atoms with E-state index in [-0.39, 0.29) is 17.6 Å². The molecule has 0 spiro atoms. The van der Waals surface area contributed by atoms with Crippen LogP contribution in [0, 0.1) is 12.8 Å². The van der Waals surface area contributed by atoms with Gasteiger partial charge < -0.3 is 15.0 Å². The number of nitrogens with zero attached hydrogens (tertiary/aromatic N) is 1. The molecule has 0 radical (unpaired) electrons. The Morgan fingerprint density at radius 2 is 1.64 bits per heavy atom. The lowest BCUT2D eigenvalue weighted by Gasteiger charge is -2.32. The molecule has 0 fully saturated rings. The maximum absolute atomic E-state index is 13.7. The normalized spacial score (nSPS) is 11.7. The molecular weight excluding hydrogens is 468 g/mol. The molecule has 0 aliphatic rings. The molecule has 0 aliphatic heterocycles. The standard InChI is InChI=1S/C30H36N2O3S/c1-22(2)19-31-30(34)28(18-24-9-6-5-7-10-24)32(20-25-11-8-12-26(17-25)35-4)29(33)21-36-27-15-13-23(3)14-16-27/h5-17,22,28H,18-21H2,1-4H3,(H,31,34)/t28-/m0/s1. The van der Waals surface area contributed by atoms with Gasteiger partial charge in [0.05, 0.1) is 12.9 Å². The van der Waals surface area contributed by atoms with E-state index in [0.717, 1.165) is 21.8 Å². The summed E-state index contributed by atoms with van der Waals surface area (Å²) in [6.07, 6.45) is 0.440. The maximum atomic E-state index is 13.7. The number of hydrogen-bond acceptors (Lipinski definition) is 4. The molecule has 2 amide bonds. The quantitative estimate of drug-likeness (QED) is 0.331. The van der Waals surface area contributed by atoms with Crippen LogP contribution in [0.2, 0.25) is 0 Å². The molecule has 0 aromatic heterocycles. The second-order valence-electron chi connectivity index (χ2n) is 9.32. The third-order valence-electron chi connectivity index (χ3n) is 5.83.